The normalized spacial score (nSPS) is 29.6. The zero-order valence-electron chi connectivity index (χ0n) is 10.9. The summed E-state index contributed by atoms with van der Waals surface area (Å²) in [5.74, 6) is 1.02. The number of anilines is 1. The molecule has 0 spiro atoms. The third-order valence-corrected chi connectivity index (χ3v) is 4.20. The highest BCUT2D eigenvalue weighted by atomic mass is 16.5. The average Bonchev–Trinajstić information content (AvgIpc) is 2.26. The summed E-state index contributed by atoms with van der Waals surface area (Å²) in [6.07, 6.45) is 4.09. The number of fused-ring (bicyclic) bond motifs is 2. The molecule has 1 saturated carbocycles. The lowest BCUT2D eigenvalue weighted by Gasteiger charge is -2.47. The SMILES string of the molecule is Cc1ccc2c(c1)NC1CCCC(C)(C)C1O2. The molecule has 0 aromatic heterocycles. The molecule has 1 N–H and O–H groups in total. The number of nitrogens with one attached hydrogen (secondary N) is 1. The van der Waals surface area contributed by atoms with Gasteiger partial charge in [-0.2, -0.15) is 0 Å². The standard InChI is InChI=1S/C15H21NO/c1-10-6-7-13-12(9-10)16-11-5-4-8-15(2,3)14(11)17-13/h6-7,9,11,14,16H,4-5,8H2,1-3H3. The summed E-state index contributed by atoms with van der Waals surface area (Å²) in [7, 11) is 0. The van der Waals surface area contributed by atoms with Gasteiger partial charge in [0.05, 0.1) is 11.7 Å². The van der Waals surface area contributed by atoms with Gasteiger partial charge in [0, 0.05) is 5.41 Å². The first kappa shape index (κ1) is 10.9. The van der Waals surface area contributed by atoms with Crippen LogP contribution in [0.3, 0.4) is 0 Å². The second-order valence-electron chi connectivity index (χ2n) is 6.17. The van der Waals surface area contributed by atoms with Gasteiger partial charge in [0.15, 0.2) is 0 Å². The van der Waals surface area contributed by atoms with Crippen molar-refractivity contribution >= 4 is 5.69 Å². The molecule has 2 nitrogen and oxygen atoms in total. The van der Waals surface area contributed by atoms with Crippen molar-refractivity contribution in [2.24, 2.45) is 5.41 Å². The molecule has 0 radical (unpaired) electrons. The molecular formula is C15H21NO. The second kappa shape index (κ2) is 3.66. The van der Waals surface area contributed by atoms with Gasteiger partial charge in [-0.05, 0) is 37.5 Å². The minimum absolute atomic E-state index is 0.276. The summed E-state index contributed by atoms with van der Waals surface area (Å²) in [6.45, 7) is 6.77. The number of aryl methyl sites for hydroxylation is 1. The van der Waals surface area contributed by atoms with Gasteiger partial charge in [-0.15, -0.1) is 0 Å². The number of benzene rings is 1. The summed E-state index contributed by atoms with van der Waals surface area (Å²) in [4.78, 5) is 0. The molecule has 1 aliphatic carbocycles. The lowest BCUT2D eigenvalue weighted by molar-refractivity contribution is 0.0175. The predicted octanol–water partition coefficient (Wildman–Crippen LogP) is 3.75. The monoisotopic (exact) mass is 231 g/mol. The topological polar surface area (TPSA) is 21.3 Å². The molecule has 2 heteroatoms. The lowest BCUT2D eigenvalue weighted by atomic mass is 9.72. The van der Waals surface area contributed by atoms with E-state index in [0.717, 1.165) is 5.75 Å². The van der Waals surface area contributed by atoms with Crippen molar-refractivity contribution in [2.75, 3.05) is 5.32 Å². The molecule has 17 heavy (non-hydrogen) atoms. The highest BCUT2D eigenvalue weighted by Gasteiger charge is 2.43. The van der Waals surface area contributed by atoms with E-state index < -0.39 is 0 Å². The molecule has 0 bridgehead atoms. The van der Waals surface area contributed by atoms with Crippen LogP contribution in [-0.4, -0.2) is 12.1 Å². The molecule has 1 heterocycles. The Morgan fingerprint density at radius 3 is 3.00 bits per heavy atom. The van der Waals surface area contributed by atoms with Crippen molar-refractivity contribution in [3.63, 3.8) is 0 Å². The van der Waals surface area contributed by atoms with Crippen LogP contribution < -0.4 is 10.1 Å². The number of hydrogen-bond donors (Lipinski definition) is 1. The first-order valence-electron chi connectivity index (χ1n) is 6.60. The molecule has 2 aliphatic rings. The van der Waals surface area contributed by atoms with Gasteiger partial charge < -0.3 is 10.1 Å². The van der Waals surface area contributed by atoms with Crippen molar-refractivity contribution < 1.29 is 4.74 Å². The minimum Gasteiger partial charge on any atom is -0.486 e. The summed E-state index contributed by atoms with van der Waals surface area (Å²) in [5.41, 5.74) is 2.73. The Morgan fingerprint density at radius 2 is 2.18 bits per heavy atom. The van der Waals surface area contributed by atoms with Crippen molar-refractivity contribution in [3.05, 3.63) is 23.8 Å². The lowest BCUT2D eigenvalue weighted by Crippen LogP contribution is -2.52. The molecule has 1 aromatic rings. The second-order valence-corrected chi connectivity index (χ2v) is 6.17. The molecule has 92 valence electrons. The highest BCUT2D eigenvalue weighted by Crippen LogP contribution is 2.44. The maximum absolute atomic E-state index is 6.24. The Balaban J connectivity index is 1.96. The number of rotatable bonds is 0. The van der Waals surface area contributed by atoms with Crippen LogP contribution in [0.15, 0.2) is 18.2 Å². The minimum atomic E-state index is 0.276. The van der Waals surface area contributed by atoms with Gasteiger partial charge in [-0.3, -0.25) is 0 Å². The van der Waals surface area contributed by atoms with Crippen LogP contribution >= 0.6 is 0 Å². The maximum Gasteiger partial charge on any atom is 0.142 e. The highest BCUT2D eigenvalue weighted by molar-refractivity contribution is 5.60. The first-order chi connectivity index (χ1) is 8.06. The Hall–Kier alpha value is -1.18. The van der Waals surface area contributed by atoms with Crippen LogP contribution in [0.25, 0.3) is 0 Å². The summed E-state index contributed by atoms with van der Waals surface area (Å²) in [6, 6.07) is 6.88. The van der Waals surface area contributed by atoms with E-state index in [2.05, 4.69) is 44.3 Å². The van der Waals surface area contributed by atoms with E-state index in [4.69, 9.17) is 4.74 Å². The van der Waals surface area contributed by atoms with E-state index in [1.54, 1.807) is 0 Å². The van der Waals surface area contributed by atoms with Crippen LogP contribution in [-0.2, 0) is 0 Å². The van der Waals surface area contributed by atoms with Crippen LogP contribution in [0.4, 0.5) is 5.69 Å². The summed E-state index contributed by atoms with van der Waals surface area (Å²) < 4.78 is 6.24. The van der Waals surface area contributed by atoms with Gasteiger partial charge in [-0.1, -0.05) is 26.3 Å². The predicted molar refractivity (Wildman–Crippen MR) is 70.6 cm³/mol. The van der Waals surface area contributed by atoms with Crippen molar-refractivity contribution in [1.82, 2.24) is 0 Å². The van der Waals surface area contributed by atoms with Gasteiger partial charge in [-0.25, -0.2) is 0 Å². The van der Waals surface area contributed by atoms with E-state index in [0.29, 0.717) is 12.1 Å². The molecule has 2 atom stereocenters. The fourth-order valence-electron chi connectivity index (χ4n) is 3.20. The largest absolute Gasteiger partial charge is 0.486 e. The Kier molecular flexibility index (Phi) is 2.35. The fraction of sp³-hybridized carbons (Fsp3) is 0.600. The van der Waals surface area contributed by atoms with E-state index in [1.807, 2.05) is 0 Å². The Morgan fingerprint density at radius 1 is 1.35 bits per heavy atom. The molecule has 0 saturated heterocycles. The maximum atomic E-state index is 6.24. The van der Waals surface area contributed by atoms with Crippen molar-refractivity contribution in [1.29, 1.82) is 0 Å². The van der Waals surface area contributed by atoms with Crippen molar-refractivity contribution in [2.45, 2.75) is 52.2 Å². The van der Waals surface area contributed by atoms with Gasteiger partial charge in [0.1, 0.15) is 11.9 Å². The fourth-order valence-corrected chi connectivity index (χ4v) is 3.20. The van der Waals surface area contributed by atoms with E-state index in [9.17, 15) is 0 Å². The molecule has 0 amide bonds. The van der Waals surface area contributed by atoms with Crippen LogP contribution in [0.5, 0.6) is 5.75 Å². The van der Waals surface area contributed by atoms with Gasteiger partial charge >= 0.3 is 0 Å². The number of hydrogen-bond acceptors (Lipinski definition) is 2. The van der Waals surface area contributed by atoms with Crippen LogP contribution in [0.1, 0.15) is 38.7 Å². The van der Waals surface area contributed by atoms with Crippen molar-refractivity contribution in [3.8, 4) is 5.75 Å². The summed E-state index contributed by atoms with van der Waals surface area (Å²) >= 11 is 0. The third kappa shape index (κ3) is 1.80. The smallest absolute Gasteiger partial charge is 0.142 e. The van der Waals surface area contributed by atoms with Crippen LogP contribution in [0.2, 0.25) is 0 Å². The Labute approximate surface area is 103 Å². The average molecular weight is 231 g/mol. The van der Waals surface area contributed by atoms with E-state index in [-0.39, 0.29) is 5.41 Å². The molecule has 1 aromatic carbocycles. The zero-order valence-corrected chi connectivity index (χ0v) is 10.9. The molecule has 1 fully saturated rings. The van der Waals surface area contributed by atoms with Gasteiger partial charge in [0.25, 0.3) is 0 Å². The first-order valence-corrected chi connectivity index (χ1v) is 6.60. The van der Waals surface area contributed by atoms with Gasteiger partial charge in [0.2, 0.25) is 0 Å². The van der Waals surface area contributed by atoms with E-state index >= 15 is 0 Å². The molecule has 2 unspecified atom stereocenters. The Bertz CT molecular complexity index is 439. The number of ether oxygens (including phenoxy) is 1. The quantitative estimate of drug-likeness (QED) is 0.734. The summed E-state index contributed by atoms with van der Waals surface area (Å²) in [5, 5.41) is 3.67. The third-order valence-electron chi connectivity index (χ3n) is 4.20. The molecular weight excluding hydrogens is 210 g/mol. The zero-order chi connectivity index (χ0) is 12.0. The molecule has 1 aliphatic heterocycles. The van der Waals surface area contributed by atoms with E-state index in [1.165, 1.54) is 30.5 Å². The molecule has 3 rings (SSSR count). The van der Waals surface area contributed by atoms with Crippen LogP contribution in [0, 0.1) is 12.3 Å².